The summed E-state index contributed by atoms with van der Waals surface area (Å²) in [5, 5.41) is 7.93. The van der Waals surface area contributed by atoms with Gasteiger partial charge in [0.2, 0.25) is 5.91 Å². The van der Waals surface area contributed by atoms with Gasteiger partial charge in [0.1, 0.15) is 0 Å². The largest absolute Gasteiger partial charge is 0.352 e. The number of nitrogens with one attached hydrogen (secondary N) is 1. The fourth-order valence-corrected chi connectivity index (χ4v) is 4.54. The van der Waals surface area contributed by atoms with Gasteiger partial charge in [-0.05, 0) is 57.1 Å². The molecule has 1 amide bonds. The minimum absolute atomic E-state index is 0. The maximum Gasteiger partial charge on any atom is 0.220 e. The van der Waals surface area contributed by atoms with Gasteiger partial charge in [0, 0.05) is 24.7 Å². The first-order valence-corrected chi connectivity index (χ1v) is 11.1. The quantitative estimate of drug-likeness (QED) is 0.655. The maximum absolute atomic E-state index is 12.6. The summed E-state index contributed by atoms with van der Waals surface area (Å²) in [6, 6.07) is 8.68. The maximum atomic E-state index is 12.6. The van der Waals surface area contributed by atoms with Crippen LogP contribution in [0.4, 0.5) is 0 Å². The normalized spacial score (nSPS) is 15.5. The number of amides is 1. The molecule has 1 saturated carbocycles. The highest BCUT2D eigenvalue weighted by molar-refractivity contribution is 5.85. The van der Waals surface area contributed by atoms with E-state index in [1.807, 2.05) is 6.92 Å². The predicted molar refractivity (Wildman–Crippen MR) is 125 cm³/mol. The Bertz CT molecular complexity index is 809. The van der Waals surface area contributed by atoms with Crippen molar-refractivity contribution in [2.24, 2.45) is 11.7 Å². The van der Waals surface area contributed by atoms with Crippen molar-refractivity contribution >= 4 is 18.3 Å². The van der Waals surface area contributed by atoms with E-state index in [1.165, 1.54) is 48.8 Å². The third kappa shape index (κ3) is 6.32. The molecule has 0 spiro atoms. The van der Waals surface area contributed by atoms with Crippen molar-refractivity contribution in [3.8, 4) is 0 Å². The van der Waals surface area contributed by atoms with Crippen LogP contribution in [0.5, 0.6) is 0 Å². The highest BCUT2D eigenvalue weighted by Crippen LogP contribution is 2.26. The molecule has 0 saturated heterocycles. The molecule has 3 N–H and O–H groups in total. The van der Waals surface area contributed by atoms with Crippen LogP contribution in [0.25, 0.3) is 0 Å². The molecule has 2 aromatic rings. The van der Waals surface area contributed by atoms with Crippen LogP contribution in [-0.4, -0.2) is 28.3 Å². The number of hydrogen-bond donors (Lipinski definition) is 2. The lowest BCUT2D eigenvalue weighted by atomic mass is 9.84. The summed E-state index contributed by atoms with van der Waals surface area (Å²) in [5.74, 6) is 0.648. The lowest BCUT2D eigenvalue weighted by Gasteiger charge is -2.30. The zero-order valence-electron chi connectivity index (χ0n) is 18.6. The van der Waals surface area contributed by atoms with Crippen LogP contribution in [0.3, 0.4) is 0 Å². The van der Waals surface area contributed by atoms with Gasteiger partial charge in [0.25, 0.3) is 0 Å². The molecule has 1 aliphatic carbocycles. The van der Waals surface area contributed by atoms with Crippen molar-refractivity contribution in [2.45, 2.75) is 78.3 Å². The lowest BCUT2D eigenvalue weighted by Crippen LogP contribution is -2.46. The van der Waals surface area contributed by atoms with E-state index >= 15 is 0 Å². The number of rotatable bonds is 8. The Hall–Kier alpha value is -1.85. The molecule has 1 aliphatic rings. The predicted octanol–water partition coefficient (Wildman–Crippen LogP) is 4.23. The number of aromatic nitrogens is 2. The number of carbonyl (C=O) groups is 1. The summed E-state index contributed by atoms with van der Waals surface area (Å²) in [6.45, 7) is 7.53. The molecule has 6 heteroatoms. The lowest BCUT2D eigenvalue weighted by molar-refractivity contribution is -0.122. The van der Waals surface area contributed by atoms with E-state index in [-0.39, 0.29) is 24.4 Å². The van der Waals surface area contributed by atoms with Gasteiger partial charge < -0.3 is 11.1 Å². The second-order valence-corrected chi connectivity index (χ2v) is 8.60. The molecular formula is C24H37ClN4O. The number of benzene rings is 1. The molecule has 30 heavy (non-hydrogen) atoms. The number of carbonyl (C=O) groups excluding carboxylic acids is 1. The molecule has 0 radical (unpaired) electrons. The highest BCUT2D eigenvalue weighted by atomic mass is 35.5. The topological polar surface area (TPSA) is 72.9 Å². The van der Waals surface area contributed by atoms with E-state index in [4.69, 9.17) is 10.8 Å². The van der Waals surface area contributed by atoms with Gasteiger partial charge in [-0.15, -0.1) is 12.4 Å². The van der Waals surface area contributed by atoms with E-state index in [1.54, 1.807) is 0 Å². The fraction of sp³-hybridized carbons (Fsp3) is 0.583. The van der Waals surface area contributed by atoms with Gasteiger partial charge in [-0.25, -0.2) is 0 Å². The molecule has 1 unspecified atom stereocenters. The molecule has 1 fully saturated rings. The highest BCUT2D eigenvalue weighted by Gasteiger charge is 2.24. The van der Waals surface area contributed by atoms with Gasteiger partial charge in [-0.2, -0.15) is 5.10 Å². The van der Waals surface area contributed by atoms with E-state index in [0.29, 0.717) is 18.9 Å². The Morgan fingerprint density at radius 2 is 1.83 bits per heavy atom. The SMILES string of the molecule is Cc1ccc(Cn2nc(C)c(CCC(=O)NC(CN)C3CCCCC3)c2C)cc1.Cl. The number of nitrogens with zero attached hydrogens (tertiary/aromatic N) is 2. The first kappa shape index (κ1) is 24.4. The average Bonchev–Trinajstić information content (AvgIpc) is 2.99. The van der Waals surface area contributed by atoms with Gasteiger partial charge in [-0.3, -0.25) is 9.48 Å². The van der Waals surface area contributed by atoms with Crippen LogP contribution in [-0.2, 0) is 17.8 Å². The van der Waals surface area contributed by atoms with E-state index in [0.717, 1.165) is 24.4 Å². The Labute approximate surface area is 187 Å². The standard InChI is InChI=1S/C24H36N4O.ClH/c1-17-9-11-20(12-10-17)16-28-19(3)22(18(2)27-28)13-14-24(29)26-23(15-25)21-7-5-4-6-8-21;/h9-12,21,23H,4-8,13-16,25H2,1-3H3,(H,26,29);1H. The molecule has 5 nitrogen and oxygen atoms in total. The molecule has 0 bridgehead atoms. The number of aryl methyl sites for hydroxylation is 2. The summed E-state index contributed by atoms with van der Waals surface area (Å²) < 4.78 is 2.05. The van der Waals surface area contributed by atoms with Gasteiger partial charge in [-0.1, -0.05) is 49.1 Å². The van der Waals surface area contributed by atoms with Crippen molar-refractivity contribution in [2.75, 3.05) is 6.54 Å². The molecule has 1 atom stereocenters. The zero-order valence-corrected chi connectivity index (χ0v) is 19.4. The summed E-state index contributed by atoms with van der Waals surface area (Å²) in [5.41, 5.74) is 11.8. The van der Waals surface area contributed by atoms with Crippen molar-refractivity contribution in [1.29, 1.82) is 0 Å². The average molecular weight is 433 g/mol. The summed E-state index contributed by atoms with van der Waals surface area (Å²) in [6.07, 6.45) is 7.41. The summed E-state index contributed by atoms with van der Waals surface area (Å²) in [4.78, 5) is 12.6. The third-order valence-corrected chi connectivity index (χ3v) is 6.41. The monoisotopic (exact) mass is 432 g/mol. The van der Waals surface area contributed by atoms with Crippen LogP contribution in [0.15, 0.2) is 24.3 Å². The fourth-order valence-electron chi connectivity index (χ4n) is 4.54. The third-order valence-electron chi connectivity index (χ3n) is 6.41. The summed E-state index contributed by atoms with van der Waals surface area (Å²) >= 11 is 0. The molecule has 1 aromatic heterocycles. The molecule has 0 aliphatic heterocycles. The van der Waals surface area contributed by atoms with Crippen LogP contribution >= 0.6 is 12.4 Å². The second-order valence-electron chi connectivity index (χ2n) is 8.60. The first-order valence-electron chi connectivity index (χ1n) is 11.1. The Morgan fingerprint density at radius 1 is 1.17 bits per heavy atom. The van der Waals surface area contributed by atoms with Crippen molar-refractivity contribution in [1.82, 2.24) is 15.1 Å². The number of halogens is 1. The second kappa shape index (κ2) is 11.5. The molecule has 1 heterocycles. The number of hydrogen-bond acceptors (Lipinski definition) is 3. The Kier molecular flexibility index (Phi) is 9.37. The number of nitrogens with two attached hydrogens (primary N) is 1. The zero-order chi connectivity index (χ0) is 20.8. The van der Waals surface area contributed by atoms with Gasteiger partial charge >= 0.3 is 0 Å². The molecule has 1 aromatic carbocycles. The molecule has 166 valence electrons. The van der Waals surface area contributed by atoms with Crippen molar-refractivity contribution in [3.63, 3.8) is 0 Å². The Morgan fingerprint density at radius 3 is 2.47 bits per heavy atom. The van der Waals surface area contributed by atoms with E-state index in [9.17, 15) is 4.79 Å². The molecular weight excluding hydrogens is 396 g/mol. The van der Waals surface area contributed by atoms with Crippen LogP contribution in [0, 0.1) is 26.7 Å². The Balaban J connectivity index is 0.00000320. The smallest absolute Gasteiger partial charge is 0.220 e. The first-order chi connectivity index (χ1) is 14.0. The van der Waals surface area contributed by atoms with E-state index < -0.39 is 0 Å². The van der Waals surface area contributed by atoms with Crippen LogP contribution in [0.2, 0.25) is 0 Å². The van der Waals surface area contributed by atoms with Crippen LogP contribution in [0.1, 0.15) is 66.6 Å². The van der Waals surface area contributed by atoms with Gasteiger partial charge in [0.05, 0.1) is 12.2 Å². The minimum atomic E-state index is 0. The molecule has 3 rings (SSSR count). The van der Waals surface area contributed by atoms with Crippen molar-refractivity contribution in [3.05, 3.63) is 52.3 Å². The van der Waals surface area contributed by atoms with Crippen molar-refractivity contribution < 1.29 is 4.79 Å². The van der Waals surface area contributed by atoms with Gasteiger partial charge in [0.15, 0.2) is 0 Å². The van der Waals surface area contributed by atoms with E-state index in [2.05, 4.69) is 48.1 Å². The minimum Gasteiger partial charge on any atom is -0.352 e. The van der Waals surface area contributed by atoms with Crippen LogP contribution < -0.4 is 11.1 Å². The summed E-state index contributed by atoms with van der Waals surface area (Å²) in [7, 11) is 0.